The molecule has 0 radical (unpaired) electrons. The molecule has 1 heterocycles. The molecule has 0 fully saturated rings. The van der Waals surface area contributed by atoms with Crippen LogP contribution in [0, 0.1) is 13.8 Å². The van der Waals surface area contributed by atoms with E-state index in [1.54, 1.807) is 12.4 Å². The van der Waals surface area contributed by atoms with E-state index in [1.807, 2.05) is 38.7 Å². The van der Waals surface area contributed by atoms with Crippen LogP contribution in [0.15, 0.2) is 36.7 Å². The first-order chi connectivity index (χ1) is 10.5. The van der Waals surface area contributed by atoms with Gasteiger partial charge in [-0.1, -0.05) is 19.1 Å². The number of hydrogen-bond acceptors (Lipinski definition) is 2. The summed E-state index contributed by atoms with van der Waals surface area (Å²) in [6.45, 7) is 10.2. The smallest absolute Gasteiger partial charge is 0.258 e. The molecule has 3 nitrogen and oxygen atoms in total. The van der Waals surface area contributed by atoms with Crippen LogP contribution in [0.2, 0.25) is 0 Å². The average Bonchev–Trinajstić information content (AvgIpc) is 2.50. The molecule has 2 rings (SSSR count). The summed E-state index contributed by atoms with van der Waals surface area (Å²) in [6, 6.07) is 8.14. The molecule has 0 aliphatic heterocycles. The molecule has 0 unspecified atom stereocenters. The summed E-state index contributed by atoms with van der Waals surface area (Å²) in [4.78, 5) is 19.2. The second kappa shape index (κ2) is 6.73. The lowest BCUT2D eigenvalue weighted by Gasteiger charge is -2.29. The average molecular weight is 296 g/mol. The number of benzene rings is 1. The van der Waals surface area contributed by atoms with Crippen molar-refractivity contribution in [2.45, 2.75) is 47.1 Å². The Morgan fingerprint density at radius 2 is 1.95 bits per heavy atom. The molecule has 0 saturated carbocycles. The van der Waals surface area contributed by atoms with Gasteiger partial charge in [0.2, 0.25) is 0 Å². The summed E-state index contributed by atoms with van der Waals surface area (Å²) in [7, 11) is 0. The molecule has 0 bridgehead atoms. The Morgan fingerprint density at radius 1 is 1.23 bits per heavy atom. The van der Waals surface area contributed by atoms with Crippen molar-refractivity contribution in [3.63, 3.8) is 0 Å². The molecule has 0 atom stereocenters. The van der Waals surface area contributed by atoms with Crippen molar-refractivity contribution in [3.05, 3.63) is 58.9 Å². The first-order valence-electron chi connectivity index (χ1n) is 7.79. The Bertz CT molecular complexity index is 677. The number of pyridine rings is 1. The van der Waals surface area contributed by atoms with E-state index in [0.717, 1.165) is 34.4 Å². The van der Waals surface area contributed by atoms with Crippen LogP contribution in [0.1, 0.15) is 47.8 Å². The van der Waals surface area contributed by atoms with Crippen LogP contribution in [-0.4, -0.2) is 16.9 Å². The summed E-state index contributed by atoms with van der Waals surface area (Å²) < 4.78 is 0. The third kappa shape index (κ3) is 3.19. The molecule has 0 aliphatic rings. The topological polar surface area (TPSA) is 33.2 Å². The van der Waals surface area contributed by atoms with Crippen LogP contribution in [0.3, 0.4) is 0 Å². The van der Waals surface area contributed by atoms with Gasteiger partial charge in [0.05, 0.1) is 0 Å². The van der Waals surface area contributed by atoms with Crippen LogP contribution in [0.5, 0.6) is 0 Å². The number of nitrogens with zero attached hydrogens (tertiary/aromatic N) is 2. The Labute approximate surface area is 133 Å². The summed E-state index contributed by atoms with van der Waals surface area (Å²) in [5, 5.41) is 0. The van der Waals surface area contributed by atoms with Crippen molar-refractivity contribution in [1.29, 1.82) is 0 Å². The van der Waals surface area contributed by atoms with E-state index in [4.69, 9.17) is 0 Å². The lowest BCUT2D eigenvalue weighted by atomic mass is 10.0. The zero-order valence-corrected chi connectivity index (χ0v) is 14.1. The van der Waals surface area contributed by atoms with Gasteiger partial charge in [-0.15, -0.1) is 0 Å². The van der Waals surface area contributed by atoms with E-state index in [-0.39, 0.29) is 11.9 Å². The van der Waals surface area contributed by atoms with E-state index in [2.05, 4.69) is 30.1 Å². The summed E-state index contributed by atoms with van der Waals surface area (Å²) >= 11 is 0. The maximum Gasteiger partial charge on any atom is 0.258 e. The van der Waals surface area contributed by atoms with Crippen molar-refractivity contribution in [3.8, 4) is 0 Å². The SMILES string of the molecule is CCc1cnccc1C(=O)N(c1cc(C)ccc1C)C(C)C. The van der Waals surface area contributed by atoms with E-state index >= 15 is 0 Å². The number of amides is 1. The summed E-state index contributed by atoms with van der Waals surface area (Å²) in [5.74, 6) is 0.0444. The van der Waals surface area contributed by atoms with E-state index in [9.17, 15) is 4.79 Å². The molecule has 22 heavy (non-hydrogen) atoms. The minimum atomic E-state index is 0.0444. The molecule has 0 saturated heterocycles. The number of carbonyl (C=O) groups excluding carboxylic acids is 1. The highest BCUT2D eigenvalue weighted by Crippen LogP contribution is 2.26. The normalized spacial score (nSPS) is 10.8. The standard InChI is InChI=1S/C19H24N2O/c1-6-16-12-20-10-9-17(16)19(22)21(13(2)3)18-11-14(4)7-8-15(18)5/h7-13H,6H2,1-5H3. The number of carbonyl (C=O) groups is 1. The largest absolute Gasteiger partial charge is 0.306 e. The van der Waals surface area contributed by atoms with Crippen LogP contribution in [0.4, 0.5) is 5.69 Å². The quantitative estimate of drug-likeness (QED) is 0.842. The number of aromatic nitrogens is 1. The fourth-order valence-corrected chi connectivity index (χ4v) is 2.65. The van der Waals surface area contributed by atoms with Gasteiger partial charge < -0.3 is 4.90 Å². The van der Waals surface area contributed by atoms with Gasteiger partial charge in [-0.25, -0.2) is 0 Å². The van der Waals surface area contributed by atoms with Gasteiger partial charge >= 0.3 is 0 Å². The highest BCUT2D eigenvalue weighted by atomic mass is 16.2. The molecule has 2 aromatic rings. The minimum absolute atomic E-state index is 0.0444. The summed E-state index contributed by atoms with van der Waals surface area (Å²) in [6.07, 6.45) is 4.27. The second-order valence-electron chi connectivity index (χ2n) is 5.95. The van der Waals surface area contributed by atoms with Gasteiger partial charge in [-0.2, -0.15) is 0 Å². The molecular weight excluding hydrogens is 272 g/mol. The fourth-order valence-electron chi connectivity index (χ4n) is 2.65. The molecular formula is C19H24N2O. The van der Waals surface area contributed by atoms with Crippen LogP contribution in [0.25, 0.3) is 0 Å². The number of rotatable bonds is 4. The van der Waals surface area contributed by atoms with Gasteiger partial charge in [-0.3, -0.25) is 9.78 Å². The highest BCUT2D eigenvalue weighted by Gasteiger charge is 2.23. The van der Waals surface area contributed by atoms with Gasteiger partial charge in [-0.05, 0) is 62.9 Å². The molecule has 0 N–H and O–H groups in total. The maximum atomic E-state index is 13.1. The Hall–Kier alpha value is -2.16. The van der Waals surface area contributed by atoms with Gasteiger partial charge in [0, 0.05) is 29.7 Å². The van der Waals surface area contributed by atoms with Crippen LogP contribution < -0.4 is 4.90 Å². The van der Waals surface area contributed by atoms with Gasteiger partial charge in [0.1, 0.15) is 0 Å². The lowest BCUT2D eigenvalue weighted by Crippen LogP contribution is -2.38. The summed E-state index contributed by atoms with van der Waals surface area (Å²) in [5.41, 5.74) is 4.98. The predicted octanol–water partition coefficient (Wildman–Crippen LogP) is 4.32. The maximum absolute atomic E-state index is 13.1. The first kappa shape index (κ1) is 16.2. The Kier molecular flexibility index (Phi) is 4.96. The minimum Gasteiger partial charge on any atom is -0.306 e. The van der Waals surface area contributed by atoms with Crippen molar-refractivity contribution >= 4 is 11.6 Å². The lowest BCUT2D eigenvalue weighted by molar-refractivity contribution is 0.0979. The molecule has 116 valence electrons. The van der Waals surface area contributed by atoms with Crippen molar-refractivity contribution in [1.82, 2.24) is 4.98 Å². The molecule has 1 amide bonds. The van der Waals surface area contributed by atoms with E-state index in [0.29, 0.717) is 0 Å². The fraction of sp³-hybridized carbons (Fsp3) is 0.368. The predicted molar refractivity (Wildman–Crippen MR) is 91.5 cm³/mol. The zero-order chi connectivity index (χ0) is 16.3. The molecule has 3 heteroatoms. The monoisotopic (exact) mass is 296 g/mol. The Balaban J connectivity index is 2.53. The molecule has 1 aromatic carbocycles. The number of anilines is 1. The second-order valence-corrected chi connectivity index (χ2v) is 5.95. The van der Waals surface area contributed by atoms with Crippen molar-refractivity contribution in [2.24, 2.45) is 0 Å². The molecule has 1 aromatic heterocycles. The van der Waals surface area contributed by atoms with Gasteiger partial charge in [0.25, 0.3) is 5.91 Å². The van der Waals surface area contributed by atoms with E-state index in [1.165, 1.54) is 0 Å². The Morgan fingerprint density at radius 3 is 2.59 bits per heavy atom. The third-order valence-corrected chi connectivity index (χ3v) is 3.87. The van der Waals surface area contributed by atoms with Gasteiger partial charge in [0.15, 0.2) is 0 Å². The van der Waals surface area contributed by atoms with E-state index < -0.39 is 0 Å². The van der Waals surface area contributed by atoms with Crippen molar-refractivity contribution < 1.29 is 4.79 Å². The number of aryl methyl sites for hydroxylation is 3. The van der Waals surface area contributed by atoms with Crippen LogP contribution >= 0.6 is 0 Å². The number of hydrogen-bond donors (Lipinski definition) is 0. The van der Waals surface area contributed by atoms with Crippen molar-refractivity contribution in [2.75, 3.05) is 4.90 Å². The van der Waals surface area contributed by atoms with Crippen LogP contribution in [-0.2, 0) is 6.42 Å². The first-order valence-corrected chi connectivity index (χ1v) is 7.79. The highest BCUT2D eigenvalue weighted by molar-refractivity contribution is 6.07. The molecule has 0 spiro atoms. The zero-order valence-electron chi connectivity index (χ0n) is 14.1. The third-order valence-electron chi connectivity index (χ3n) is 3.87. The molecule has 0 aliphatic carbocycles.